The number of hydrogen-bond acceptors (Lipinski definition) is 2. The van der Waals surface area contributed by atoms with Crippen LogP contribution in [0.4, 0.5) is 30.2 Å². The van der Waals surface area contributed by atoms with E-state index in [0.717, 1.165) is 6.07 Å². The highest BCUT2D eigenvalue weighted by Gasteiger charge is 2.34. The van der Waals surface area contributed by atoms with Crippen molar-refractivity contribution >= 4 is 40.3 Å². The molecular weight excluding hydrogens is 312 g/mol. The summed E-state index contributed by atoms with van der Waals surface area (Å²) >= 11 is 11.5. The average Bonchev–Trinajstić information content (AvgIpc) is 2.34. The van der Waals surface area contributed by atoms with Crippen LogP contribution in [0.25, 0.3) is 0 Å². The van der Waals surface area contributed by atoms with Gasteiger partial charge in [0.05, 0.1) is 27.6 Å². The summed E-state index contributed by atoms with van der Waals surface area (Å²) in [4.78, 5) is 0. The Balaban J connectivity index is 2.49. The van der Waals surface area contributed by atoms with Gasteiger partial charge in [-0.1, -0.05) is 29.3 Å². The van der Waals surface area contributed by atoms with E-state index in [4.69, 9.17) is 28.9 Å². The Morgan fingerprint density at radius 1 is 1.05 bits per heavy atom. The molecule has 2 nitrogen and oxygen atoms in total. The zero-order valence-electron chi connectivity index (χ0n) is 9.93. The summed E-state index contributed by atoms with van der Waals surface area (Å²) < 4.78 is 38.9. The van der Waals surface area contributed by atoms with Gasteiger partial charge < -0.3 is 11.1 Å². The molecule has 20 heavy (non-hydrogen) atoms. The van der Waals surface area contributed by atoms with Gasteiger partial charge in [0.2, 0.25) is 0 Å². The van der Waals surface area contributed by atoms with Gasteiger partial charge in [0, 0.05) is 5.02 Å². The van der Waals surface area contributed by atoms with Crippen LogP contribution in [-0.2, 0) is 6.18 Å². The average molecular weight is 321 g/mol. The van der Waals surface area contributed by atoms with Crippen molar-refractivity contribution in [2.24, 2.45) is 0 Å². The van der Waals surface area contributed by atoms with Gasteiger partial charge in [-0.05, 0) is 30.3 Å². The summed E-state index contributed by atoms with van der Waals surface area (Å²) in [7, 11) is 0. The lowest BCUT2D eigenvalue weighted by molar-refractivity contribution is -0.136. The fraction of sp³-hybridized carbons (Fsp3) is 0.0769. The number of hydrogen-bond donors (Lipinski definition) is 2. The lowest BCUT2D eigenvalue weighted by Crippen LogP contribution is -2.09. The van der Waals surface area contributed by atoms with Crippen molar-refractivity contribution in [3.63, 3.8) is 0 Å². The Bertz CT molecular complexity index is 622. The minimum Gasteiger partial charge on any atom is -0.397 e. The van der Waals surface area contributed by atoms with Crippen LogP contribution in [0.2, 0.25) is 10.0 Å². The molecule has 0 aliphatic carbocycles. The van der Waals surface area contributed by atoms with E-state index in [1.807, 2.05) is 0 Å². The number of nitrogen functional groups attached to an aromatic ring is 1. The predicted molar refractivity (Wildman–Crippen MR) is 75.6 cm³/mol. The zero-order chi connectivity index (χ0) is 14.9. The van der Waals surface area contributed by atoms with E-state index in [9.17, 15) is 13.2 Å². The molecule has 106 valence electrons. The molecule has 2 aromatic carbocycles. The largest absolute Gasteiger partial charge is 0.418 e. The third-order valence-electron chi connectivity index (χ3n) is 2.59. The number of halogens is 5. The molecule has 3 N–H and O–H groups in total. The Morgan fingerprint density at radius 2 is 1.75 bits per heavy atom. The van der Waals surface area contributed by atoms with Crippen LogP contribution in [0.1, 0.15) is 5.56 Å². The summed E-state index contributed by atoms with van der Waals surface area (Å²) in [5, 5.41) is 2.83. The molecule has 0 atom stereocenters. The number of benzene rings is 2. The number of alkyl halides is 3. The second-order valence-electron chi connectivity index (χ2n) is 4.02. The van der Waals surface area contributed by atoms with Crippen molar-refractivity contribution in [3.8, 4) is 0 Å². The summed E-state index contributed by atoms with van der Waals surface area (Å²) in [6, 6.07) is 8.10. The van der Waals surface area contributed by atoms with Crippen LogP contribution in [0.5, 0.6) is 0 Å². The summed E-state index contributed by atoms with van der Waals surface area (Å²) in [6.07, 6.45) is -4.54. The van der Waals surface area contributed by atoms with Gasteiger partial charge in [0.25, 0.3) is 0 Å². The molecule has 7 heteroatoms. The Morgan fingerprint density at radius 3 is 2.35 bits per heavy atom. The lowest BCUT2D eigenvalue weighted by Gasteiger charge is -2.16. The highest BCUT2D eigenvalue weighted by molar-refractivity contribution is 6.34. The molecule has 0 spiro atoms. The molecule has 0 aliphatic rings. The van der Waals surface area contributed by atoms with Crippen LogP contribution >= 0.6 is 23.2 Å². The first-order valence-electron chi connectivity index (χ1n) is 5.47. The number of rotatable bonds is 2. The zero-order valence-corrected chi connectivity index (χ0v) is 11.4. The molecule has 0 aromatic heterocycles. The molecule has 0 radical (unpaired) electrons. The standard InChI is InChI=1S/C13H9Cl2F3N2/c14-7-4-5-11(8(6-7)13(16,17)18)20-12-9(15)2-1-3-10(12)19/h1-6,20H,19H2. The number of nitrogens with one attached hydrogen (secondary N) is 1. The molecule has 0 bridgehead atoms. The second kappa shape index (κ2) is 5.42. The first kappa shape index (κ1) is 14.8. The monoisotopic (exact) mass is 320 g/mol. The third kappa shape index (κ3) is 3.11. The maximum Gasteiger partial charge on any atom is 0.418 e. The van der Waals surface area contributed by atoms with Crippen molar-refractivity contribution in [2.45, 2.75) is 6.18 Å². The fourth-order valence-corrected chi connectivity index (χ4v) is 2.07. The van der Waals surface area contributed by atoms with Crippen LogP contribution < -0.4 is 11.1 Å². The van der Waals surface area contributed by atoms with Crippen molar-refractivity contribution in [1.29, 1.82) is 0 Å². The molecule has 0 unspecified atom stereocenters. The van der Waals surface area contributed by atoms with E-state index in [2.05, 4.69) is 5.32 Å². The number of para-hydroxylation sites is 1. The van der Waals surface area contributed by atoms with E-state index >= 15 is 0 Å². The summed E-state index contributed by atoms with van der Waals surface area (Å²) in [5.74, 6) is 0. The molecule has 0 saturated heterocycles. The predicted octanol–water partition coefficient (Wildman–Crippen LogP) is 5.34. The van der Waals surface area contributed by atoms with Crippen molar-refractivity contribution in [2.75, 3.05) is 11.1 Å². The van der Waals surface area contributed by atoms with Crippen molar-refractivity contribution in [1.82, 2.24) is 0 Å². The molecule has 0 fully saturated rings. The van der Waals surface area contributed by atoms with E-state index in [0.29, 0.717) is 0 Å². The van der Waals surface area contributed by atoms with Gasteiger partial charge >= 0.3 is 6.18 Å². The molecule has 0 heterocycles. The molecule has 0 aliphatic heterocycles. The smallest absolute Gasteiger partial charge is 0.397 e. The first-order valence-corrected chi connectivity index (χ1v) is 6.22. The molecular formula is C13H9Cl2F3N2. The number of anilines is 3. The summed E-state index contributed by atoms with van der Waals surface area (Å²) in [6.45, 7) is 0. The van der Waals surface area contributed by atoms with E-state index in [-0.39, 0.29) is 27.1 Å². The van der Waals surface area contributed by atoms with Gasteiger partial charge in [0.15, 0.2) is 0 Å². The topological polar surface area (TPSA) is 38.0 Å². The molecule has 2 rings (SSSR count). The quantitative estimate of drug-likeness (QED) is 0.733. The van der Waals surface area contributed by atoms with Gasteiger partial charge in [-0.3, -0.25) is 0 Å². The molecule has 0 saturated carbocycles. The third-order valence-corrected chi connectivity index (χ3v) is 3.14. The van der Waals surface area contributed by atoms with Gasteiger partial charge in [-0.2, -0.15) is 13.2 Å². The van der Waals surface area contributed by atoms with Crippen LogP contribution in [0, 0.1) is 0 Å². The molecule has 2 aromatic rings. The van der Waals surface area contributed by atoms with E-state index in [1.54, 1.807) is 6.07 Å². The second-order valence-corrected chi connectivity index (χ2v) is 4.86. The van der Waals surface area contributed by atoms with Gasteiger partial charge in [-0.15, -0.1) is 0 Å². The first-order chi connectivity index (χ1) is 9.29. The van der Waals surface area contributed by atoms with Crippen molar-refractivity contribution in [3.05, 3.63) is 52.0 Å². The number of nitrogens with two attached hydrogens (primary N) is 1. The van der Waals surface area contributed by atoms with E-state index in [1.165, 1.54) is 24.3 Å². The van der Waals surface area contributed by atoms with Crippen molar-refractivity contribution < 1.29 is 13.2 Å². The maximum absolute atomic E-state index is 13.0. The fourth-order valence-electron chi connectivity index (χ4n) is 1.67. The minimum absolute atomic E-state index is 0.00462. The maximum atomic E-state index is 13.0. The van der Waals surface area contributed by atoms with Crippen LogP contribution in [0.15, 0.2) is 36.4 Å². The normalized spacial score (nSPS) is 11.4. The van der Waals surface area contributed by atoms with Gasteiger partial charge in [-0.25, -0.2) is 0 Å². The van der Waals surface area contributed by atoms with E-state index < -0.39 is 11.7 Å². The highest BCUT2D eigenvalue weighted by atomic mass is 35.5. The molecule has 0 amide bonds. The highest BCUT2D eigenvalue weighted by Crippen LogP contribution is 2.39. The Labute approximate surface area is 123 Å². The van der Waals surface area contributed by atoms with Gasteiger partial charge in [0.1, 0.15) is 0 Å². The summed E-state index contributed by atoms with van der Waals surface area (Å²) in [5.41, 5.74) is 5.13. The minimum atomic E-state index is -4.54. The Hall–Kier alpha value is -1.59. The van der Waals surface area contributed by atoms with Crippen LogP contribution in [0.3, 0.4) is 0 Å². The van der Waals surface area contributed by atoms with Crippen LogP contribution in [-0.4, -0.2) is 0 Å². The lowest BCUT2D eigenvalue weighted by atomic mass is 10.1. The Kier molecular flexibility index (Phi) is 4.01. The SMILES string of the molecule is Nc1cccc(Cl)c1Nc1ccc(Cl)cc1C(F)(F)F.